The Morgan fingerprint density at radius 1 is 0.958 bits per heavy atom. The number of urea groups is 1. The molecule has 2 aromatic carbocycles. The van der Waals surface area contributed by atoms with E-state index in [1.54, 1.807) is 0 Å². The predicted octanol–water partition coefficient (Wildman–Crippen LogP) is 4.56. The standard InChI is InChI=1S/C20H25N3O/c1-16(21-20(24)22-18-8-4-2-5-9-18)17-10-12-19(13-11-17)23-14-6-3-7-15-23/h2,4-5,8-13,16H,3,6-7,14-15H2,1H3,(H2,21,22,24)/t16-/m0/s1. The third-order valence-electron chi connectivity index (χ3n) is 4.49. The summed E-state index contributed by atoms with van der Waals surface area (Å²) in [5.74, 6) is 0. The Balaban J connectivity index is 1.56. The lowest BCUT2D eigenvalue weighted by molar-refractivity contribution is 0.249. The van der Waals surface area contributed by atoms with Gasteiger partial charge in [0.05, 0.1) is 6.04 Å². The normalized spacial score (nSPS) is 15.6. The van der Waals surface area contributed by atoms with Gasteiger partial charge in [-0.2, -0.15) is 0 Å². The van der Waals surface area contributed by atoms with Crippen LogP contribution in [0.2, 0.25) is 0 Å². The molecular weight excluding hydrogens is 298 g/mol. The minimum absolute atomic E-state index is 0.0379. The number of benzene rings is 2. The molecule has 2 amide bonds. The highest BCUT2D eigenvalue weighted by Gasteiger charge is 2.13. The van der Waals surface area contributed by atoms with Crippen molar-refractivity contribution in [2.24, 2.45) is 0 Å². The molecule has 0 radical (unpaired) electrons. The van der Waals surface area contributed by atoms with Crippen molar-refractivity contribution in [3.63, 3.8) is 0 Å². The van der Waals surface area contributed by atoms with Gasteiger partial charge < -0.3 is 15.5 Å². The molecular formula is C20H25N3O. The van der Waals surface area contributed by atoms with Crippen LogP contribution < -0.4 is 15.5 Å². The van der Waals surface area contributed by atoms with Crippen LogP contribution in [0.1, 0.15) is 37.8 Å². The Morgan fingerprint density at radius 3 is 2.29 bits per heavy atom. The SMILES string of the molecule is C[C@H](NC(=O)Nc1ccccc1)c1ccc(N2CCCCC2)cc1. The highest BCUT2D eigenvalue weighted by molar-refractivity contribution is 5.89. The van der Waals surface area contributed by atoms with Crippen LogP contribution >= 0.6 is 0 Å². The van der Waals surface area contributed by atoms with Gasteiger partial charge in [0, 0.05) is 24.5 Å². The second-order valence-electron chi connectivity index (χ2n) is 6.33. The van der Waals surface area contributed by atoms with Gasteiger partial charge in [-0.3, -0.25) is 0 Å². The largest absolute Gasteiger partial charge is 0.372 e. The third-order valence-corrected chi connectivity index (χ3v) is 4.49. The zero-order chi connectivity index (χ0) is 16.8. The lowest BCUT2D eigenvalue weighted by Gasteiger charge is -2.29. The van der Waals surface area contributed by atoms with Gasteiger partial charge in [0.1, 0.15) is 0 Å². The van der Waals surface area contributed by atoms with E-state index in [1.165, 1.54) is 24.9 Å². The average molecular weight is 323 g/mol. The highest BCUT2D eigenvalue weighted by atomic mass is 16.2. The van der Waals surface area contributed by atoms with E-state index in [4.69, 9.17) is 0 Å². The van der Waals surface area contributed by atoms with Crippen LogP contribution in [-0.2, 0) is 0 Å². The van der Waals surface area contributed by atoms with Crippen molar-refractivity contribution < 1.29 is 4.79 Å². The van der Waals surface area contributed by atoms with E-state index in [9.17, 15) is 4.79 Å². The minimum atomic E-state index is -0.186. The number of piperidine rings is 1. The van der Waals surface area contributed by atoms with Crippen LogP contribution in [-0.4, -0.2) is 19.1 Å². The fourth-order valence-corrected chi connectivity index (χ4v) is 3.09. The minimum Gasteiger partial charge on any atom is -0.372 e. The first kappa shape index (κ1) is 16.4. The van der Waals surface area contributed by atoms with Gasteiger partial charge >= 0.3 is 6.03 Å². The van der Waals surface area contributed by atoms with Crippen molar-refractivity contribution in [1.29, 1.82) is 0 Å². The molecule has 0 saturated carbocycles. The molecule has 1 atom stereocenters. The summed E-state index contributed by atoms with van der Waals surface area (Å²) in [4.78, 5) is 14.5. The lowest BCUT2D eigenvalue weighted by atomic mass is 10.1. The number of rotatable bonds is 4. The summed E-state index contributed by atoms with van der Waals surface area (Å²) in [6.45, 7) is 4.29. The molecule has 2 N–H and O–H groups in total. The smallest absolute Gasteiger partial charge is 0.319 e. The molecule has 24 heavy (non-hydrogen) atoms. The summed E-state index contributed by atoms with van der Waals surface area (Å²) >= 11 is 0. The van der Waals surface area contributed by atoms with Crippen LogP contribution in [0.5, 0.6) is 0 Å². The van der Waals surface area contributed by atoms with Crippen molar-refractivity contribution >= 4 is 17.4 Å². The topological polar surface area (TPSA) is 44.4 Å². The zero-order valence-electron chi connectivity index (χ0n) is 14.2. The molecule has 1 heterocycles. The van der Waals surface area contributed by atoms with Gasteiger partial charge in [0.25, 0.3) is 0 Å². The average Bonchev–Trinajstić information content (AvgIpc) is 2.63. The number of hydrogen-bond acceptors (Lipinski definition) is 2. The molecule has 4 heteroatoms. The Labute approximate surface area is 143 Å². The van der Waals surface area contributed by atoms with E-state index in [2.05, 4.69) is 39.8 Å². The van der Waals surface area contributed by atoms with Crippen LogP contribution in [0.15, 0.2) is 54.6 Å². The number of nitrogens with one attached hydrogen (secondary N) is 2. The third kappa shape index (κ3) is 4.28. The molecule has 1 saturated heterocycles. The fourth-order valence-electron chi connectivity index (χ4n) is 3.09. The van der Waals surface area contributed by atoms with E-state index in [-0.39, 0.29) is 12.1 Å². The Hall–Kier alpha value is -2.49. The van der Waals surface area contributed by atoms with Crippen LogP contribution in [0, 0.1) is 0 Å². The molecule has 0 aliphatic carbocycles. The van der Waals surface area contributed by atoms with Gasteiger partial charge in [-0.25, -0.2) is 4.79 Å². The van der Waals surface area contributed by atoms with E-state index < -0.39 is 0 Å². The second-order valence-corrected chi connectivity index (χ2v) is 6.33. The number of hydrogen-bond donors (Lipinski definition) is 2. The van der Waals surface area contributed by atoms with Crippen molar-refractivity contribution in [3.05, 3.63) is 60.2 Å². The first-order valence-electron chi connectivity index (χ1n) is 8.70. The van der Waals surface area contributed by atoms with Gasteiger partial charge in [-0.05, 0) is 56.0 Å². The van der Waals surface area contributed by atoms with Crippen LogP contribution in [0.25, 0.3) is 0 Å². The van der Waals surface area contributed by atoms with E-state index >= 15 is 0 Å². The van der Waals surface area contributed by atoms with E-state index in [0.29, 0.717) is 0 Å². The maximum atomic E-state index is 12.1. The Kier molecular flexibility index (Phi) is 5.36. The molecule has 2 aromatic rings. The molecule has 0 aromatic heterocycles. The molecule has 0 spiro atoms. The van der Waals surface area contributed by atoms with Crippen molar-refractivity contribution in [1.82, 2.24) is 5.32 Å². The molecule has 4 nitrogen and oxygen atoms in total. The molecule has 1 fully saturated rings. The van der Waals surface area contributed by atoms with Crippen LogP contribution in [0.3, 0.4) is 0 Å². The number of anilines is 2. The number of carbonyl (C=O) groups excluding carboxylic acids is 1. The summed E-state index contributed by atoms with van der Waals surface area (Å²) in [6.07, 6.45) is 3.89. The molecule has 126 valence electrons. The summed E-state index contributed by atoms with van der Waals surface area (Å²) in [7, 11) is 0. The molecule has 1 aliphatic heterocycles. The fraction of sp³-hybridized carbons (Fsp3) is 0.350. The molecule has 0 unspecified atom stereocenters. The van der Waals surface area contributed by atoms with Crippen molar-refractivity contribution in [2.75, 3.05) is 23.3 Å². The Bertz CT molecular complexity index is 648. The van der Waals surface area contributed by atoms with Crippen LogP contribution in [0.4, 0.5) is 16.2 Å². The summed E-state index contributed by atoms with van der Waals surface area (Å²) in [5, 5.41) is 5.83. The summed E-state index contributed by atoms with van der Waals surface area (Å²) in [6, 6.07) is 17.8. The summed E-state index contributed by atoms with van der Waals surface area (Å²) in [5.41, 5.74) is 3.18. The van der Waals surface area contributed by atoms with Gasteiger partial charge in [0.15, 0.2) is 0 Å². The Morgan fingerprint density at radius 2 is 1.62 bits per heavy atom. The molecule has 0 bridgehead atoms. The van der Waals surface area contributed by atoms with Gasteiger partial charge in [0.2, 0.25) is 0 Å². The first-order valence-corrected chi connectivity index (χ1v) is 8.70. The van der Waals surface area contributed by atoms with Gasteiger partial charge in [-0.15, -0.1) is 0 Å². The second kappa shape index (κ2) is 7.86. The summed E-state index contributed by atoms with van der Waals surface area (Å²) < 4.78 is 0. The van der Waals surface area contributed by atoms with Gasteiger partial charge in [-0.1, -0.05) is 30.3 Å². The number of carbonyl (C=O) groups is 1. The monoisotopic (exact) mass is 323 g/mol. The van der Waals surface area contributed by atoms with Crippen molar-refractivity contribution in [3.8, 4) is 0 Å². The quantitative estimate of drug-likeness (QED) is 0.866. The number of amides is 2. The molecule has 1 aliphatic rings. The highest BCUT2D eigenvalue weighted by Crippen LogP contribution is 2.22. The maximum Gasteiger partial charge on any atom is 0.319 e. The zero-order valence-corrected chi connectivity index (χ0v) is 14.2. The predicted molar refractivity (Wildman–Crippen MR) is 99.5 cm³/mol. The number of para-hydroxylation sites is 1. The maximum absolute atomic E-state index is 12.1. The molecule has 3 rings (SSSR count). The van der Waals surface area contributed by atoms with E-state index in [1.807, 2.05) is 37.3 Å². The van der Waals surface area contributed by atoms with E-state index in [0.717, 1.165) is 24.3 Å². The lowest BCUT2D eigenvalue weighted by Crippen LogP contribution is -2.31. The first-order chi connectivity index (χ1) is 11.7. The number of nitrogens with zero attached hydrogens (tertiary/aromatic N) is 1. The van der Waals surface area contributed by atoms with Crippen molar-refractivity contribution in [2.45, 2.75) is 32.2 Å².